The number of hydrogen-bond acceptors (Lipinski definition) is 0. The van der Waals surface area contributed by atoms with Gasteiger partial charge in [0.15, 0.2) is 0 Å². The van der Waals surface area contributed by atoms with E-state index in [9.17, 15) is 0 Å². The molecule has 0 aromatic heterocycles. The molecule has 0 heterocycles. The molecule has 0 aliphatic carbocycles. The number of benzene rings is 4. The molecule has 0 unspecified atom stereocenters. The van der Waals surface area contributed by atoms with Crippen LogP contribution in [0, 0.1) is 5.82 Å². The largest absolute Gasteiger partial charge is 0.206 e. The Morgan fingerprint density at radius 1 is 0.655 bits per heavy atom. The smallest absolute Gasteiger partial charge is 0.138 e. The summed E-state index contributed by atoms with van der Waals surface area (Å²) in [5, 5.41) is 1.66. The maximum absolute atomic E-state index is 15.1. The first-order valence-electron chi connectivity index (χ1n) is 10.6. The van der Waals surface area contributed by atoms with Crippen LogP contribution in [0.4, 0.5) is 4.39 Å². The van der Waals surface area contributed by atoms with E-state index in [-0.39, 0.29) is 5.82 Å². The molecule has 0 aliphatic rings. The van der Waals surface area contributed by atoms with Crippen LogP contribution in [-0.4, -0.2) is 0 Å². The summed E-state index contributed by atoms with van der Waals surface area (Å²) in [5.74, 6) is -0.136. The molecule has 146 valence electrons. The molecule has 0 N–H and O–H groups in total. The van der Waals surface area contributed by atoms with Gasteiger partial charge >= 0.3 is 0 Å². The minimum absolute atomic E-state index is 0.136. The van der Waals surface area contributed by atoms with Crippen molar-refractivity contribution in [2.75, 3.05) is 0 Å². The van der Waals surface area contributed by atoms with Crippen LogP contribution in [0.3, 0.4) is 0 Å². The number of aryl methyl sites for hydroxylation is 3. The number of unbranched alkanes of at least 4 members (excludes halogenated alkanes) is 1. The van der Waals surface area contributed by atoms with E-state index in [1.54, 1.807) is 0 Å². The molecule has 0 aliphatic heterocycles. The molecule has 4 aromatic rings. The van der Waals surface area contributed by atoms with Crippen molar-refractivity contribution in [2.24, 2.45) is 0 Å². The summed E-state index contributed by atoms with van der Waals surface area (Å²) in [6, 6.07) is 28.8. The van der Waals surface area contributed by atoms with Crippen molar-refractivity contribution in [2.45, 2.75) is 39.0 Å². The monoisotopic (exact) mass is 382 g/mol. The number of rotatable bonds is 7. The fourth-order valence-electron chi connectivity index (χ4n) is 3.88. The molecule has 0 bridgehead atoms. The van der Waals surface area contributed by atoms with Crippen LogP contribution in [-0.2, 0) is 19.3 Å². The second-order valence-corrected chi connectivity index (χ2v) is 7.77. The molecule has 4 aromatic carbocycles. The van der Waals surface area contributed by atoms with Crippen LogP contribution in [0.2, 0.25) is 0 Å². The highest BCUT2D eigenvalue weighted by molar-refractivity contribution is 5.88. The van der Waals surface area contributed by atoms with Crippen molar-refractivity contribution >= 4 is 10.8 Å². The third-order valence-electron chi connectivity index (χ3n) is 5.65. The van der Waals surface area contributed by atoms with Gasteiger partial charge < -0.3 is 0 Å². The summed E-state index contributed by atoms with van der Waals surface area (Å²) in [4.78, 5) is 0. The summed E-state index contributed by atoms with van der Waals surface area (Å²) < 4.78 is 15.1. The van der Waals surface area contributed by atoms with Gasteiger partial charge in [-0.2, -0.15) is 0 Å². The summed E-state index contributed by atoms with van der Waals surface area (Å²) in [5.41, 5.74) is 5.61. The maximum Gasteiger partial charge on any atom is 0.138 e. The molecule has 0 saturated carbocycles. The summed E-state index contributed by atoms with van der Waals surface area (Å²) in [6.07, 6.45) is 5.62. The van der Waals surface area contributed by atoms with E-state index in [1.165, 1.54) is 29.5 Å². The molecule has 29 heavy (non-hydrogen) atoms. The summed E-state index contributed by atoms with van der Waals surface area (Å²) >= 11 is 0. The highest BCUT2D eigenvalue weighted by Crippen LogP contribution is 2.29. The average molecular weight is 383 g/mol. The molecule has 4 rings (SSSR count). The van der Waals surface area contributed by atoms with Gasteiger partial charge in [-0.05, 0) is 53.3 Å². The molecule has 0 fully saturated rings. The summed E-state index contributed by atoms with van der Waals surface area (Å²) in [6.45, 7) is 2.23. The predicted molar refractivity (Wildman–Crippen MR) is 122 cm³/mol. The van der Waals surface area contributed by atoms with Crippen molar-refractivity contribution in [1.29, 1.82) is 0 Å². The zero-order valence-electron chi connectivity index (χ0n) is 17.0. The van der Waals surface area contributed by atoms with Crippen molar-refractivity contribution in [3.05, 3.63) is 107 Å². The first kappa shape index (κ1) is 19.4. The molecule has 0 spiro atoms. The van der Waals surface area contributed by atoms with E-state index in [2.05, 4.69) is 43.3 Å². The molecular formula is C28H27F. The minimum atomic E-state index is -0.136. The first-order valence-corrected chi connectivity index (χ1v) is 10.6. The standard InChI is InChI=1S/C28H27F/c1-2-3-7-21-10-12-22(13-11-21)14-15-23-16-18-27-25(20-23)17-19-26(28(27)29)24-8-5-4-6-9-24/h4-6,8-13,16-20H,2-3,7,14-15H2,1H3. The van der Waals surface area contributed by atoms with Crippen LogP contribution in [0.25, 0.3) is 21.9 Å². The zero-order chi connectivity index (χ0) is 20.1. The maximum atomic E-state index is 15.1. The Labute approximate surface area is 173 Å². The Balaban J connectivity index is 1.49. The van der Waals surface area contributed by atoms with Gasteiger partial charge in [0.1, 0.15) is 5.82 Å². The minimum Gasteiger partial charge on any atom is -0.206 e. The Morgan fingerprint density at radius 2 is 1.31 bits per heavy atom. The third-order valence-corrected chi connectivity index (χ3v) is 5.65. The fourth-order valence-corrected chi connectivity index (χ4v) is 3.88. The molecule has 0 saturated heterocycles. The number of halogens is 1. The lowest BCUT2D eigenvalue weighted by molar-refractivity contribution is 0.643. The second kappa shape index (κ2) is 9.05. The summed E-state index contributed by atoms with van der Waals surface area (Å²) in [7, 11) is 0. The third kappa shape index (κ3) is 4.56. The SMILES string of the molecule is CCCCc1ccc(CCc2ccc3c(F)c(-c4ccccc4)ccc3c2)cc1. The van der Waals surface area contributed by atoms with E-state index in [4.69, 9.17) is 0 Å². The Hall–Kier alpha value is -2.93. The molecule has 1 heteroatoms. The lowest BCUT2D eigenvalue weighted by Gasteiger charge is -2.09. The molecule has 0 amide bonds. The Bertz CT molecular complexity index is 1080. The van der Waals surface area contributed by atoms with E-state index in [0.717, 1.165) is 30.2 Å². The van der Waals surface area contributed by atoms with Gasteiger partial charge in [0.2, 0.25) is 0 Å². The number of fused-ring (bicyclic) bond motifs is 1. The van der Waals surface area contributed by atoms with Crippen LogP contribution >= 0.6 is 0 Å². The van der Waals surface area contributed by atoms with Gasteiger partial charge in [-0.15, -0.1) is 0 Å². The van der Waals surface area contributed by atoms with E-state index in [0.29, 0.717) is 10.9 Å². The van der Waals surface area contributed by atoms with Gasteiger partial charge in [0.05, 0.1) is 0 Å². The first-order chi connectivity index (χ1) is 14.2. The van der Waals surface area contributed by atoms with E-state index >= 15 is 4.39 Å². The normalized spacial score (nSPS) is 11.1. The average Bonchev–Trinajstić information content (AvgIpc) is 2.78. The van der Waals surface area contributed by atoms with Crippen molar-refractivity contribution in [1.82, 2.24) is 0 Å². The Morgan fingerprint density at radius 3 is 2.03 bits per heavy atom. The quantitative estimate of drug-likeness (QED) is 0.306. The Kier molecular flexibility index (Phi) is 6.05. The van der Waals surface area contributed by atoms with Gasteiger partial charge in [0.25, 0.3) is 0 Å². The van der Waals surface area contributed by atoms with Crippen LogP contribution < -0.4 is 0 Å². The van der Waals surface area contributed by atoms with Crippen molar-refractivity contribution < 1.29 is 4.39 Å². The zero-order valence-corrected chi connectivity index (χ0v) is 17.0. The van der Waals surface area contributed by atoms with E-state index < -0.39 is 0 Å². The second-order valence-electron chi connectivity index (χ2n) is 7.77. The molecule has 0 atom stereocenters. The molecule has 0 radical (unpaired) electrons. The topological polar surface area (TPSA) is 0 Å². The van der Waals surface area contributed by atoms with Crippen molar-refractivity contribution in [3.63, 3.8) is 0 Å². The predicted octanol–water partition coefficient (Wildman–Crippen LogP) is 7.77. The highest BCUT2D eigenvalue weighted by atomic mass is 19.1. The number of hydrogen-bond donors (Lipinski definition) is 0. The van der Waals surface area contributed by atoms with Crippen LogP contribution in [0.1, 0.15) is 36.5 Å². The lowest BCUT2D eigenvalue weighted by atomic mass is 9.97. The van der Waals surface area contributed by atoms with Gasteiger partial charge in [-0.1, -0.05) is 98.3 Å². The van der Waals surface area contributed by atoms with Crippen molar-refractivity contribution in [3.8, 4) is 11.1 Å². The molecule has 0 nitrogen and oxygen atoms in total. The lowest BCUT2D eigenvalue weighted by Crippen LogP contribution is -1.94. The van der Waals surface area contributed by atoms with Crippen LogP contribution in [0.5, 0.6) is 0 Å². The fraction of sp³-hybridized carbons (Fsp3) is 0.214. The van der Waals surface area contributed by atoms with Crippen LogP contribution in [0.15, 0.2) is 84.9 Å². The molecular weight excluding hydrogens is 355 g/mol. The van der Waals surface area contributed by atoms with E-state index in [1.807, 2.05) is 48.5 Å². The van der Waals surface area contributed by atoms with Gasteiger partial charge in [-0.25, -0.2) is 4.39 Å². The highest BCUT2D eigenvalue weighted by Gasteiger charge is 2.09. The van der Waals surface area contributed by atoms with Gasteiger partial charge in [-0.3, -0.25) is 0 Å². The van der Waals surface area contributed by atoms with Gasteiger partial charge in [0, 0.05) is 10.9 Å².